The normalized spacial score (nSPS) is 27.1. The van der Waals surface area contributed by atoms with Crippen molar-refractivity contribution in [2.24, 2.45) is 5.92 Å². The molecule has 0 spiro atoms. The van der Waals surface area contributed by atoms with Gasteiger partial charge in [-0.1, -0.05) is 29.8 Å². The van der Waals surface area contributed by atoms with E-state index in [9.17, 15) is 0 Å². The van der Waals surface area contributed by atoms with Crippen molar-refractivity contribution in [2.75, 3.05) is 24.5 Å². The summed E-state index contributed by atoms with van der Waals surface area (Å²) >= 11 is 3.58. The molecule has 2 aliphatic heterocycles. The fourth-order valence-corrected chi connectivity index (χ4v) is 4.31. The third-order valence-corrected chi connectivity index (χ3v) is 5.46. The highest BCUT2D eigenvalue weighted by atomic mass is 79.9. The van der Waals surface area contributed by atoms with E-state index in [1.165, 1.54) is 48.2 Å². The lowest BCUT2D eigenvalue weighted by Crippen LogP contribution is -2.58. The second-order valence-corrected chi connectivity index (χ2v) is 7.60. The van der Waals surface area contributed by atoms with E-state index in [0.717, 1.165) is 6.04 Å². The summed E-state index contributed by atoms with van der Waals surface area (Å²) in [6.45, 7) is 10.7. The van der Waals surface area contributed by atoms with Crippen molar-refractivity contribution >= 4 is 21.6 Å². The first-order valence-corrected chi connectivity index (χ1v) is 8.62. The van der Waals surface area contributed by atoms with E-state index in [0.29, 0.717) is 12.0 Å². The quantitative estimate of drug-likeness (QED) is 0.803. The molecule has 2 aliphatic rings. The zero-order chi connectivity index (χ0) is 14.3. The molecule has 1 aromatic carbocycles. The Morgan fingerprint density at radius 3 is 2.75 bits per heavy atom. The van der Waals surface area contributed by atoms with Gasteiger partial charge in [0.15, 0.2) is 0 Å². The van der Waals surface area contributed by atoms with Gasteiger partial charge in [0.1, 0.15) is 0 Å². The van der Waals surface area contributed by atoms with Crippen LogP contribution in [0, 0.1) is 12.8 Å². The van der Waals surface area contributed by atoms with Gasteiger partial charge in [-0.2, -0.15) is 0 Å². The molecule has 0 saturated carbocycles. The molecular formula is C17H25BrN2. The second kappa shape index (κ2) is 5.69. The Kier molecular flexibility index (Phi) is 4.09. The maximum absolute atomic E-state index is 3.58. The molecule has 2 unspecified atom stereocenters. The van der Waals surface area contributed by atoms with E-state index in [4.69, 9.17) is 0 Å². The molecule has 0 aliphatic carbocycles. The average Bonchev–Trinajstić information content (AvgIpc) is 2.84. The lowest BCUT2D eigenvalue weighted by atomic mass is 9.96. The van der Waals surface area contributed by atoms with Crippen LogP contribution in [0.25, 0.3) is 0 Å². The first-order valence-electron chi connectivity index (χ1n) is 7.83. The molecule has 2 saturated heterocycles. The molecule has 0 amide bonds. The first-order chi connectivity index (χ1) is 9.56. The molecule has 2 heterocycles. The SMILES string of the molecule is Cc1cc(Br)ccc1N1CC2CCCN2CC1C(C)C. The number of hydrogen-bond donors (Lipinski definition) is 0. The van der Waals surface area contributed by atoms with Gasteiger partial charge in [0.25, 0.3) is 0 Å². The largest absolute Gasteiger partial charge is 0.365 e. The molecule has 110 valence electrons. The van der Waals surface area contributed by atoms with Crippen molar-refractivity contribution in [1.29, 1.82) is 0 Å². The summed E-state index contributed by atoms with van der Waals surface area (Å²) in [7, 11) is 0. The smallest absolute Gasteiger partial charge is 0.0440 e. The molecule has 0 N–H and O–H groups in total. The summed E-state index contributed by atoms with van der Waals surface area (Å²) < 4.78 is 1.18. The standard InChI is InChI=1S/C17H25BrN2/c1-12(2)17-11-19-8-4-5-15(19)10-20(17)16-7-6-14(18)9-13(16)3/h6-7,9,12,15,17H,4-5,8,10-11H2,1-3H3. The van der Waals surface area contributed by atoms with Crippen LogP contribution in [-0.4, -0.2) is 36.6 Å². The number of rotatable bonds is 2. The van der Waals surface area contributed by atoms with Crippen LogP contribution >= 0.6 is 15.9 Å². The summed E-state index contributed by atoms with van der Waals surface area (Å²) in [5, 5.41) is 0. The summed E-state index contributed by atoms with van der Waals surface area (Å²) in [5.74, 6) is 0.694. The number of nitrogens with zero attached hydrogens (tertiary/aromatic N) is 2. The molecule has 2 atom stereocenters. The Hall–Kier alpha value is -0.540. The van der Waals surface area contributed by atoms with E-state index >= 15 is 0 Å². The number of fused-ring (bicyclic) bond motifs is 1. The predicted octanol–water partition coefficient (Wildman–Crippen LogP) is 4.07. The number of anilines is 1. The van der Waals surface area contributed by atoms with Crippen LogP contribution in [0.3, 0.4) is 0 Å². The molecule has 20 heavy (non-hydrogen) atoms. The summed E-state index contributed by atoms with van der Waals surface area (Å²) in [5.41, 5.74) is 2.81. The van der Waals surface area contributed by atoms with Crippen LogP contribution in [-0.2, 0) is 0 Å². The second-order valence-electron chi connectivity index (χ2n) is 6.69. The van der Waals surface area contributed by atoms with Crippen molar-refractivity contribution in [1.82, 2.24) is 4.90 Å². The molecule has 0 aromatic heterocycles. The Bertz CT molecular complexity index is 486. The first kappa shape index (κ1) is 14.4. The van der Waals surface area contributed by atoms with Crippen molar-refractivity contribution < 1.29 is 0 Å². The van der Waals surface area contributed by atoms with Gasteiger partial charge in [0, 0.05) is 35.3 Å². The van der Waals surface area contributed by atoms with Crippen LogP contribution in [0.5, 0.6) is 0 Å². The van der Waals surface area contributed by atoms with E-state index < -0.39 is 0 Å². The fraction of sp³-hybridized carbons (Fsp3) is 0.647. The van der Waals surface area contributed by atoms with Gasteiger partial charge in [0.2, 0.25) is 0 Å². The Labute approximate surface area is 131 Å². The zero-order valence-corrected chi connectivity index (χ0v) is 14.4. The van der Waals surface area contributed by atoms with Gasteiger partial charge in [-0.05, 0) is 56.0 Å². The Morgan fingerprint density at radius 2 is 2.05 bits per heavy atom. The third-order valence-electron chi connectivity index (χ3n) is 4.97. The molecular weight excluding hydrogens is 312 g/mol. The molecule has 2 fully saturated rings. The molecule has 0 bridgehead atoms. The number of benzene rings is 1. The lowest BCUT2D eigenvalue weighted by Gasteiger charge is -2.47. The van der Waals surface area contributed by atoms with E-state index in [-0.39, 0.29) is 0 Å². The highest BCUT2D eigenvalue weighted by Crippen LogP contribution is 2.33. The Morgan fingerprint density at radius 1 is 1.25 bits per heavy atom. The van der Waals surface area contributed by atoms with Gasteiger partial charge >= 0.3 is 0 Å². The summed E-state index contributed by atoms with van der Waals surface area (Å²) in [6, 6.07) is 8.13. The fourth-order valence-electron chi connectivity index (χ4n) is 3.83. The summed E-state index contributed by atoms with van der Waals surface area (Å²) in [6.07, 6.45) is 2.75. The molecule has 3 rings (SSSR count). The molecule has 1 aromatic rings. The molecule has 3 heteroatoms. The van der Waals surface area contributed by atoms with Crippen molar-refractivity contribution in [3.63, 3.8) is 0 Å². The summed E-state index contributed by atoms with van der Waals surface area (Å²) in [4.78, 5) is 5.40. The minimum absolute atomic E-state index is 0.643. The van der Waals surface area contributed by atoms with E-state index in [2.05, 4.69) is 64.7 Å². The van der Waals surface area contributed by atoms with Gasteiger partial charge in [0.05, 0.1) is 0 Å². The number of piperazine rings is 1. The van der Waals surface area contributed by atoms with Crippen LogP contribution < -0.4 is 4.90 Å². The van der Waals surface area contributed by atoms with Crippen molar-refractivity contribution in [3.8, 4) is 0 Å². The highest BCUT2D eigenvalue weighted by molar-refractivity contribution is 9.10. The monoisotopic (exact) mass is 336 g/mol. The molecule has 2 nitrogen and oxygen atoms in total. The number of halogens is 1. The van der Waals surface area contributed by atoms with Gasteiger partial charge < -0.3 is 4.90 Å². The van der Waals surface area contributed by atoms with Gasteiger partial charge in [-0.25, -0.2) is 0 Å². The van der Waals surface area contributed by atoms with Crippen molar-refractivity contribution in [3.05, 3.63) is 28.2 Å². The van der Waals surface area contributed by atoms with Gasteiger partial charge in [-0.15, -0.1) is 0 Å². The maximum atomic E-state index is 3.58. The number of aryl methyl sites for hydroxylation is 1. The van der Waals surface area contributed by atoms with Crippen LogP contribution in [0.1, 0.15) is 32.3 Å². The molecule has 0 radical (unpaired) electrons. The van der Waals surface area contributed by atoms with Crippen LogP contribution in [0.15, 0.2) is 22.7 Å². The van der Waals surface area contributed by atoms with Crippen molar-refractivity contribution in [2.45, 2.75) is 45.7 Å². The van der Waals surface area contributed by atoms with E-state index in [1.807, 2.05) is 0 Å². The minimum atomic E-state index is 0.643. The highest BCUT2D eigenvalue weighted by Gasteiger charge is 2.37. The van der Waals surface area contributed by atoms with Crippen LogP contribution in [0.4, 0.5) is 5.69 Å². The maximum Gasteiger partial charge on any atom is 0.0440 e. The predicted molar refractivity (Wildman–Crippen MR) is 89.4 cm³/mol. The van der Waals surface area contributed by atoms with Gasteiger partial charge in [-0.3, -0.25) is 4.90 Å². The Balaban J connectivity index is 1.91. The minimum Gasteiger partial charge on any atom is -0.365 e. The van der Waals surface area contributed by atoms with Crippen LogP contribution in [0.2, 0.25) is 0 Å². The zero-order valence-electron chi connectivity index (χ0n) is 12.8. The van der Waals surface area contributed by atoms with E-state index in [1.54, 1.807) is 0 Å². The third kappa shape index (κ3) is 2.62. The average molecular weight is 337 g/mol. The number of hydrogen-bond acceptors (Lipinski definition) is 2. The lowest BCUT2D eigenvalue weighted by molar-refractivity contribution is 0.176. The topological polar surface area (TPSA) is 6.48 Å².